The van der Waals surface area contributed by atoms with Crippen molar-refractivity contribution in [2.45, 2.75) is 56.5 Å². The van der Waals surface area contributed by atoms with Gasteiger partial charge in [-0.25, -0.2) is 0 Å². The molecule has 2 aromatic carbocycles. The van der Waals surface area contributed by atoms with Crippen LogP contribution in [0.1, 0.15) is 50.2 Å². The van der Waals surface area contributed by atoms with E-state index in [0.29, 0.717) is 11.8 Å². The third kappa shape index (κ3) is 3.95. The topological polar surface area (TPSA) is 65.5 Å². The molecule has 1 N–H and O–H groups in total. The molecule has 38 heavy (non-hydrogen) atoms. The lowest BCUT2D eigenvalue weighted by Gasteiger charge is -2.51. The zero-order valence-corrected chi connectivity index (χ0v) is 22.4. The maximum absolute atomic E-state index is 13.2. The van der Waals surface area contributed by atoms with Gasteiger partial charge in [-0.2, -0.15) is 0 Å². The first-order chi connectivity index (χ1) is 18.4. The normalized spacial score (nSPS) is 37.5. The molecule has 6 heteroatoms. The zero-order valence-electron chi connectivity index (χ0n) is 22.4. The number of carbonyl (C=O) groups excluding carboxylic acids is 1. The molecule has 3 aliphatic heterocycles. The third-order valence-electron chi connectivity index (χ3n) is 10.7. The Bertz CT molecular complexity index is 1120. The van der Waals surface area contributed by atoms with Crippen molar-refractivity contribution in [1.29, 1.82) is 0 Å². The van der Waals surface area contributed by atoms with Crippen LogP contribution in [0.2, 0.25) is 0 Å². The van der Waals surface area contributed by atoms with Crippen molar-refractivity contribution in [2.75, 3.05) is 39.3 Å². The monoisotopic (exact) mass is 516 g/mol. The number of carbonyl (C=O) groups is 1. The van der Waals surface area contributed by atoms with Crippen LogP contribution in [0.3, 0.4) is 0 Å². The molecule has 0 unspecified atom stereocenters. The number of benzene rings is 2. The number of aliphatic hydroxyl groups is 1. The maximum atomic E-state index is 13.2. The van der Waals surface area contributed by atoms with Crippen molar-refractivity contribution >= 4 is 5.97 Å². The van der Waals surface area contributed by atoms with E-state index in [4.69, 9.17) is 9.47 Å². The summed E-state index contributed by atoms with van der Waals surface area (Å²) in [6.45, 7) is 7.16. The SMILES string of the molecule is C[C@]12CCC[C@]3(CO3)[C@@H]1C[C@@H]1[C@@H](C2)OC(=O)[C@@H]1CN1CCN(C(O)(c2ccccc2)c2ccccc2)CC1. The molecule has 0 aromatic heterocycles. The molecule has 7 rings (SSSR count). The second-order valence-corrected chi connectivity index (χ2v) is 12.8. The highest BCUT2D eigenvalue weighted by Gasteiger charge is 2.65. The number of piperazine rings is 1. The molecule has 3 heterocycles. The van der Waals surface area contributed by atoms with Gasteiger partial charge in [-0.05, 0) is 43.4 Å². The van der Waals surface area contributed by atoms with Gasteiger partial charge in [-0.1, -0.05) is 67.6 Å². The fourth-order valence-corrected chi connectivity index (χ4v) is 8.57. The lowest BCUT2D eigenvalue weighted by Crippen LogP contribution is -2.57. The van der Waals surface area contributed by atoms with Crippen LogP contribution in [0, 0.1) is 23.2 Å². The lowest BCUT2D eigenvalue weighted by atomic mass is 9.53. The van der Waals surface area contributed by atoms with Gasteiger partial charge in [0.1, 0.15) is 6.10 Å². The number of hydrogen-bond donors (Lipinski definition) is 1. The molecule has 202 valence electrons. The number of fused-ring (bicyclic) bond motifs is 3. The highest BCUT2D eigenvalue weighted by atomic mass is 16.6. The molecule has 6 nitrogen and oxygen atoms in total. The van der Waals surface area contributed by atoms with Gasteiger partial charge in [-0.15, -0.1) is 0 Å². The van der Waals surface area contributed by atoms with Crippen molar-refractivity contribution < 1.29 is 19.4 Å². The van der Waals surface area contributed by atoms with Gasteiger partial charge in [0.15, 0.2) is 5.72 Å². The predicted octanol–water partition coefficient (Wildman–Crippen LogP) is 4.02. The summed E-state index contributed by atoms with van der Waals surface area (Å²) in [6, 6.07) is 19.9. The summed E-state index contributed by atoms with van der Waals surface area (Å²) in [7, 11) is 0. The Kier molecular flexibility index (Phi) is 5.97. The van der Waals surface area contributed by atoms with Crippen LogP contribution in [-0.4, -0.2) is 71.9 Å². The Morgan fingerprint density at radius 1 is 0.974 bits per heavy atom. The van der Waals surface area contributed by atoms with E-state index in [2.05, 4.69) is 16.7 Å². The van der Waals surface area contributed by atoms with Gasteiger partial charge in [0.2, 0.25) is 0 Å². The van der Waals surface area contributed by atoms with Crippen molar-refractivity contribution in [2.24, 2.45) is 23.2 Å². The average molecular weight is 517 g/mol. The van der Waals surface area contributed by atoms with E-state index in [9.17, 15) is 9.90 Å². The number of hydrogen-bond acceptors (Lipinski definition) is 6. The van der Waals surface area contributed by atoms with E-state index in [1.807, 2.05) is 60.7 Å². The number of ether oxygens (including phenoxy) is 2. The number of nitrogens with zero attached hydrogens (tertiary/aromatic N) is 2. The van der Waals surface area contributed by atoms with Crippen LogP contribution < -0.4 is 0 Å². The fourth-order valence-electron chi connectivity index (χ4n) is 8.57. The fraction of sp³-hybridized carbons (Fsp3) is 0.594. The average Bonchev–Trinajstić information content (AvgIpc) is 3.65. The Labute approximate surface area is 225 Å². The molecule has 6 atom stereocenters. The highest BCUT2D eigenvalue weighted by Crippen LogP contribution is 2.62. The summed E-state index contributed by atoms with van der Waals surface area (Å²) >= 11 is 0. The first kappa shape index (κ1) is 24.8. The van der Waals surface area contributed by atoms with Gasteiger partial charge < -0.3 is 14.6 Å². The van der Waals surface area contributed by atoms with E-state index >= 15 is 0 Å². The molecule has 1 spiro atoms. The minimum atomic E-state index is -1.18. The standard InChI is InChI=1S/C32H40N2O4/c1-30-13-8-14-31(22-37-31)28(30)19-25-26(29(35)38-27(25)20-30)21-33-15-17-34(18-16-33)32(36,23-9-4-2-5-10-23)24-11-6-3-7-12-24/h2-7,9-12,25-28,36H,8,13-22H2,1H3/t25-,26+,27+,28+,30+,31-/m0/s1. The van der Waals surface area contributed by atoms with Crippen LogP contribution in [0.4, 0.5) is 0 Å². The van der Waals surface area contributed by atoms with Gasteiger partial charge in [-0.3, -0.25) is 14.6 Å². The van der Waals surface area contributed by atoms with Gasteiger partial charge in [0.25, 0.3) is 0 Å². The maximum Gasteiger partial charge on any atom is 0.310 e. The van der Waals surface area contributed by atoms with E-state index in [0.717, 1.165) is 63.3 Å². The van der Waals surface area contributed by atoms with Crippen LogP contribution >= 0.6 is 0 Å². The van der Waals surface area contributed by atoms with Gasteiger partial charge in [0, 0.05) is 49.8 Å². The van der Waals surface area contributed by atoms with E-state index in [-0.39, 0.29) is 29.0 Å². The molecule has 0 amide bonds. The summed E-state index contributed by atoms with van der Waals surface area (Å²) < 4.78 is 12.1. The molecular formula is C32H40N2O4. The molecule has 5 fully saturated rings. The van der Waals surface area contributed by atoms with Crippen LogP contribution in [-0.2, 0) is 20.0 Å². The van der Waals surface area contributed by atoms with E-state index < -0.39 is 5.72 Å². The lowest BCUT2D eigenvalue weighted by molar-refractivity contribution is -0.147. The summed E-state index contributed by atoms with van der Waals surface area (Å²) in [4.78, 5) is 17.8. The Hall–Kier alpha value is -2.25. The summed E-state index contributed by atoms with van der Waals surface area (Å²) in [5.41, 5.74) is 0.904. The summed E-state index contributed by atoms with van der Waals surface area (Å²) in [5, 5.41) is 12.2. The first-order valence-corrected chi connectivity index (χ1v) is 14.6. The summed E-state index contributed by atoms with van der Waals surface area (Å²) in [5.74, 6) is 0.783. The smallest absolute Gasteiger partial charge is 0.310 e. The number of epoxide rings is 1. The van der Waals surface area contributed by atoms with Gasteiger partial charge in [0.05, 0.1) is 18.1 Å². The minimum absolute atomic E-state index is 0.000480. The Morgan fingerprint density at radius 3 is 2.21 bits per heavy atom. The molecule has 2 aromatic rings. The molecule has 0 radical (unpaired) electrons. The molecular weight excluding hydrogens is 476 g/mol. The number of esters is 1. The zero-order chi connectivity index (χ0) is 26.0. The molecule has 2 saturated carbocycles. The number of rotatable bonds is 5. The first-order valence-electron chi connectivity index (χ1n) is 14.6. The minimum Gasteiger partial charge on any atom is -0.462 e. The van der Waals surface area contributed by atoms with Crippen molar-refractivity contribution in [1.82, 2.24) is 9.80 Å². The Balaban J connectivity index is 1.05. The molecule has 0 bridgehead atoms. The highest BCUT2D eigenvalue weighted by molar-refractivity contribution is 5.75. The van der Waals surface area contributed by atoms with Crippen LogP contribution in [0.15, 0.2) is 60.7 Å². The largest absolute Gasteiger partial charge is 0.462 e. The third-order valence-corrected chi connectivity index (χ3v) is 10.7. The van der Waals surface area contributed by atoms with E-state index in [1.165, 1.54) is 19.3 Å². The van der Waals surface area contributed by atoms with E-state index in [1.54, 1.807) is 0 Å². The second kappa shape index (κ2) is 9.16. The van der Waals surface area contributed by atoms with Gasteiger partial charge >= 0.3 is 5.97 Å². The molecule has 2 aliphatic carbocycles. The second-order valence-electron chi connectivity index (χ2n) is 12.8. The summed E-state index contributed by atoms with van der Waals surface area (Å²) in [6.07, 6.45) is 5.73. The Morgan fingerprint density at radius 2 is 1.61 bits per heavy atom. The predicted molar refractivity (Wildman–Crippen MR) is 144 cm³/mol. The molecule has 3 saturated heterocycles. The quantitative estimate of drug-likeness (QED) is 0.478. The van der Waals surface area contributed by atoms with Crippen LogP contribution in [0.25, 0.3) is 0 Å². The van der Waals surface area contributed by atoms with Crippen molar-refractivity contribution in [3.8, 4) is 0 Å². The van der Waals surface area contributed by atoms with Crippen LogP contribution in [0.5, 0.6) is 0 Å². The van der Waals surface area contributed by atoms with Crippen molar-refractivity contribution in [3.05, 3.63) is 71.8 Å². The van der Waals surface area contributed by atoms with Crippen molar-refractivity contribution in [3.63, 3.8) is 0 Å². The molecule has 5 aliphatic rings.